The number of nitrogens with zero attached hydrogens (tertiary/aromatic N) is 6. The summed E-state index contributed by atoms with van der Waals surface area (Å²) in [4.78, 5) is 21.7. The number of hydrogen-bond donors (Lipinski definition) is 8. The topological polar surface area (TPSA) is 343 Å². The monoisotopic (exact) mass is 938 g/mol. The maximum Gasteiger partial charge on any atom is 0.295 e. The van der Waals surface area contributed by atoms with Gasteiger partial charge in [0.1, 0.15) is 9.79 Å². The molecule has 0 bridgehead atoms. The second-order valence-corrected chi connectivity index (χ2v) is 18.1. The van der Waals surface area contributed by atoms with Gasteiger partial charge in [-0.1, -0.05) is 36.4 Å². The van der Waals surface area contributed by atoms with E-state index in [-0.39, 0.29) is 68.2 Å². The molecule has 0 aliphatic rings. The van der Waals surface area contributed by atoms with E-state index in [1.54, 1.807) is 0 Å². The molecule has 28 heteroatoms. The van der Waals surface area contributed by atoms with Crippen LogP contribution in [0.1, 0.15) is 11.1 Å². The molecule has 6 rings (SSSR count). The van der Waals surface area contributed by atoms with Gasteiger partial charge in [-0.05, 0) is 95.0 Å². The maximum atomic E-state index is 12.5. The van der Waals surface area contributed by atoms with Crippen LogP contribution in [0.2, 0.25) is 10.6 Å². The van der Waals surface area contributed by atoms with Gasteiger partial charge in [-0.25, -0.2) is 0 Å². The Hall–Kier alpha value is -5.94. The highest BCUT2D eigenvalue weighted by molar-refractivity contribution is 7.86. The SMILES string of the molecule is O=S(=O)(O)c1cccc(Nc2nc(Cl)nc(Nc3ccc(/C=C/c4ccc(Nc5nc(Cl)nc(Nc6cccc(S(=O)(=O)O)c6)n5)cc4S(=O)(=O)O)c(S(=O)(=O)O)c3)n2)c1. The lowest BCUT2D eigenvalue weighted by Crippen LogP contribution is -2.06. The van der Waals surface area contributed by atoms with E-state index >= 15 is 0 Å². The number of nitrogens with one attached hydrogen (secondary N) is 4. The van der Waals surface area contributed by atoms with Gasteiger partial charge in [0.2, 0.25) is 34.4 Å². The van der Waals surface area contributed by atoms with Crippen LogP contribution in [0.3, 0.4) is 0 Å². The molecular formula is C32H24Cl2N10O12S4. The summed E-state index contributed by atoms with van der Waals surface area (Å²) in [5, 5.41) is 10.1. The minimum Gasteiger partial charge on any atom is -0.324 e. The average molecular weight is 940 g/mol. The van der Waals surface area contributed by atoms with Crippen molar-refractivity contribution < 1.29 is 51.9 Å². The van der Waals surface area contributed by atoms with E-state index in [9.17, 15) is 51.9 Å². The summed E-state index contributed by atoms with van der Waals surface area (Å²) in [6.07, 6.45) is 2.29. The van der Waals surface area contributed by atoms with Gasteiger partial charge in [-0.2, -0.15) is 63.6 Å². The third kappa shape index (κ3) is 11.4. The van der Waals surface area contributed by atoms with Crippen LogP contribution in [0.25, 0.3) is 12.2 Å². The first-order valence-electron chi connectivity index (χ1n) is 16.0. The van der Waals surface area contributed by atoms with Crippen molar-refractivity contribution >= 4 is 122 Å². The lowest BCUT2D eigenvalue weighted by atomic mass is 10.1. The minimum absolute atomic E-state index is 0.0128. The molecule has 6 aromatic rings. The van der Waals surface area contributed by atoms with Crippen LogP contribution < -0.4 is 21.3 Å². The molecule has 0 saturated heterocycles. The molecule has 0 fully saturated rings. The lowest BCUT2D eigenvalue weighted by molar-refractivity contribution is 0.480. The van der Waals surface area contributed by atoms with E-state index in [0.717, 1.165) is 48.6 Å². The van der Waals surface area contributed by atoms with Crippen molar-refractivity contribution in [3.63, 3.8) is 0 Å². The molecule has 0 amide bonds. The molecule has 22 nitrogen and oxygen atoms in total. The summed E-state index contributed by atoms with van der Waals surface area (Å²) < 4.78 is 135. The molecule has 0 unspecified atom stereocenters. The average Bonchev–Trinajstić information content (AvgIpc) is 3.13. The normalized spacial score (nSPS) is 12.3. The predicted molar refractivity (Wildman–Crippen MR) is 217 cm³/mol. The van der Waals surface area contributed by atoms with Gasteiger partial charge in [0, 0.05) is 22.7 Å². The summed E-state index contributed by atoms with van der Waals surface area (Å²) in [5.74, 6) is -0.818. The van der Waals surface area contributed by atoms with Crippen LogP contribution >= 0.6 is 23.2 Å². The van der Waals surface area contributed by atoms with Gasteiger partial charge >= 0.3 is 0 Å². The highest BCUT2D eigenvalue weighted by Crippen LogP contribution is 2.29. The van der Waals surface area contributed by atoms with Crippen molar-refractivity contribution in [2.45, 2.75) is 19.6 Å². The zero-order valence-electron chi connectivity index (χ0n) is 29.4. The molecule has 0 saturated carbocycles. The molecule has 2 heterocycles. The van der Waals surface area contributed by atoms with Gasteiger partial charge < -0.3 is 21.3 Å². The summed E-state index contributed by atoms with van der Waals surface area (Å²) in [6.45, 7) is 0. The van der Waals surface area contributed by atoms with Crippen LogP contribution in [-0.4, -0.2) is 81.8 Å². The first-order valence-corrected chi connectivity index (χ1v) is 22.5. The van der Waals surface area contributed by atoms with Crippen LogP contribution in [0.5, 0.6) is 0 Å². The van der Waals surface area contributed by atoms with Crippen LogP contribution in [-0.2, 0) is 40.5 Å². The van der Waals surface area contributed by atoms with Crippen molar-refractivity contribution in [3.05, 3.63) is 107 Å². The summed E-state index contributed by atoms with van der Waals surface area (Å²) in [7, 11) is -18.9. The van der Waals surface area contributed by atoms with Crippen LogP contribution in [0.4, 0.5) is 46.5 Å². The van der Waals surface area contributed by atoms with Gasteiger partial charge in [-0.3, -0.25) is 18.2 Å². The van der Waals surface area contributed by atoms with Gasteiger partial charge in [0.15, 0.2) is 0 Å². The third-order valence-corrected chi connectivity index (χ3v) is 11.4. The molecular weight excluding hydrogens is 916 g/mol. The summed E-state index contributed by atoms with van der Waals surface area (Å²) in [6, 6.07) is 17.2. The van der Waals surface area contributed by atoms with Crippen molar-refractivity contribution in [3.8, 4) is 0 Å². The van der Waals surface area contributed by atoms with Crippen molar-refractivity contribution in [1.29, 1.82) is 0 Å². The largest absolute Gasteiger partial charge is 0.324 e. The molecule has 2 aromatic heterocycles. The number of aromatic nitrogens is 6. The fourth-order valence-electron chi connectivity index (χ4n) is 5.03. The van der Waals surface area contributed by atoms with Gasteiger partial charge in [0.25, 0.3) is 40.5 Å². The zero-order chi connectivity index (χ0) is 43.6. The Morgan fingerprint density at radius 2 is 0.733 bits per heavy atom. The first kappa shape index (κ1) is 43.6. The Balaban J connectivity index is 1.24. The van der Waals surface area contributed by atoms with E-state index in [4.69, 9.17) is 23.2 Å². The molecule has 0 aliphatic carbocycles. The fraction of sp³-hybridized carbons (Fsp3) is 0. The molecule has 4 aromatic carbocycles. The predicted octanol–water partition coefficient (Wildman–Crippen LogP) is 5.50. The Morgan fingerprint density at radius 1 is 0.417 bits per heavy atom. The Bertz CT molecular complexity index is 2950. The smallest absolute Gasteiger partial charge is 0.295 e. The Kier molecular flexibility index (Phi) is 12.3. The second-order valence-electron chi connectivity index (χ2n) is 11.8. The van der Waals surface area contributed by atoms with E-state index in [0.29, 0.717) is 0 Å². The Labute approximate surface area is 349 Å². The van der Waals surface area contributed by atoms with Crippen LogP contribution in [0, 0.1) is 0 Å². The quantitative estimate of drug-likeness (QED) is 0.0494. The van der Waals surface area contributed by atoms with E-state index in [1.165, 1.54) is 48.5 Å². The first-order chi connectivity index (χ1) is 28.0. The van der Waals surface area contributed by atoms with Crippen molar-refractivity contribution in [2.24, 2.45) is 0 Å². The second kappa shape index (κ2) is 17.0. The fourth-order valence-corrected chi connectivity index (χ4v) is 7.83. The number of hydrogen-bond acceptors (Lipinski definition) is 18. The molecule has 0 radical (unpaired) electrons. The van der Waals surface area contributed by atoms with E-state index in [1.807, 2.05) is 0 Å². The molecule has 0 atom stereocenters. The number of anilines is 8. The highest BCUT2D eigenvalue weighted by atomic mass is 35.5. The van der Waals surface area contributed by atoms with Gasteiger partial charge in [-0.15, -0.1) is 0 Å². The summed E-state index contributed by atoms with van der Waals surface area (Å²) >= 11 is 12.1. The zero-order valence-corrected chi connectivity index (χ0v) is 34.1. The van der Waals surface area contributed by atoms with E-state index < -0.39 is 60.1 Å². The molecule has 0 aliphatic heterocycles. The van der Waals surface area contributed by atoms with Gasteiger partial charge in [0.05, 0.1) is 9.79 Å². The number of halogens is 2. The van der Waals surface area contributed by atoms with Crippen molar-refractivity contribution in [1.82, 2.24) is 29.9 Å². The third-order valence-electron chi connectivity index (χ3n) is 7.53. The lowest BCUT2D eigenvalue weighted by Gasteiger charge is -2.12. The molecule has 60 heavy (non-hydrogen) atoms. The molecule has 8 N–H and O–H groups in total. The van der Waals surface area contributed by atoms with E-state index in [2.05, 4.69) is 51.2 Å². The van der Waals surface area contributed by atoms with Crippen molar-refractivity contribution in [2.75, 3.05) is 21.3 Å². The Morgan fingerprint density at radius 3 is 1.03 bits per heavy atom. The standard InChI is InChI=1S/C32H24Cl2N10O12S4/c33-27-39-29(35-19-3-1-5-23(13-19)57(45,46)47)43-31(41-27)37-21-11-9-17(25(15-21)59(51,52)53)7-8-18-10-12-22(16-26(18)60(54,55)56)38-32-42-28(34)40-30(44-32)36-20-4-2-6-24(14-20)58(48,49)50/h1-16H,(H,45,46,47)(H,48,49,50)(H,51,52,53)(H,54,55,56)(H2,35,37,39,41,43)(H2,36,38,40,42,44)/b8-7+. The molecule has 312 valence electrons. The minimum atomic E-state index is -4.94. The van der Waals surface area contributed by atoms with Crippen LogP contribution in [0.15, 0.2) is 105 Å². The maximum absolute atomic E-state index is 12.5. The number of rotatable bonds is 14. The summed E-state index contributed by atoms with van der Waals surface area (Å²) in [5.41, 5.74) is 0.0456. The number of benzene rings is 4. The molecule has 0 spiro atoms. The highest BCUT2D eigenvalue weighted by Gasteiger charge is 2.19.